The number of halogens is 2. The number of unbranched alkanes of at least 4 members (excludes halogenated alkanes) is 3. The van der Waals surface area contributed by atoms with Crippen molar-refractivity contribution in [2.45, 2.75) is 71.3 Å². The van der Waals surface area contributed by atoms with Gasteiger partial charge in [0.1, 0.15) is 17.4 Å². The van der Waals surface area contributed by atoms with Crippen molar-refractivity contribution in [3.05, 3.63) is 65.2 Å². The third-order valence-corrected chi connectivity index (χ3v) is 6.30. The molecule has 2 N–H and O–H groups in total. The van der Waals surface area contributed by atoms with E-state index >= 15 is 0 Å². The number of carboxylic acid groups (broad SMARTS) is 1. The molecule has 0 saturated heterocycles. The number of nitrogens with one attached hydrogen (secondary N) is 1. The Hall–Kier alpha value is -3.16. The first-order valence-electron chi connectivity index (χ1n) is 12.7. The van der Waals surface area contributed by atoms with E-state index in [9.17, 15) is 23.5 Å². The molecule has 0 heterocycles. The standard InChI is InChI=1S/C28H38F2N2O4/c1-4-6-7-8-16-31-27(35)32(18-15-22-12-13-23(29)20-25(22)30)17-14-21-10-9-11-24(19-21)36-28(3,5-2)26(33)34/h9-13,19-20H,4-8,14-18H2,1-3H3,(H,31,35)(H,33,34)/t28-/m1/s1. The Morgan fingerprint density at radius 3 is 2.44 bits per heavy atom. The smallest absolute Gasteiger partial charge is 0.347 e. The Bertz CT molecular complexity index is 1000. The molecule has 2 amide bonds. The van der Waals surface area contributed by atoms with Gasteiger partial charge in [-0.3, -0.25) is 0 Å². The van der Waals surface area contributed by atoms with Crippen LogP contribution in [0.1, 0.15) is 64.0 Å². The van der Waals surface area contributed by atoms with Crippen LogP contribution in [0.3, 0.4) is 0 Å². The van der Waals surface area contributed by atoms with Gasteiger partial charge < -0.3 is 20.1 Å². The van der Waals surface area contributed by atoms with E-state index in [1.54, 1.807) is 30.0 Å². The van der Waals surface area contributed by atoms with E-state index in [-0.39, 0.29) is 19.0 Å². The molecule has 36 heavy (non-hydrogen) atoms. The van der Waals surface area contributed by atoms with Crippen LogP contribution < -0.4 is 10.1 Å². The van der Waals surface area contributed by atoms with Gasteiger partial charge in [-0.25, -0.2) is 18.4 Å². The van der Waals surface area contributed by atoms with Crippen LogP contribution in [0.4, 0.5) is 13.6 Å². The summed E-state index contributed by atoms with van der Waals surface area (Å²) in [7, 11) is 0. The first-order chi connectivity index (χ1) is 17.2. The van der Waals surface area contributed by atoms with Crippen molar-refractivity contribution < 1.29 is 28.2 Å². The van der Waals surface area contributed by atoms with Crippen molar-refractivity contribution in [1.82, 2.24) is 10.2 Å². The molecule has 0 spiro atoms. The molecule has 2 aromatic carbocycles. The highest BCUT2D eigenvalue weighted by molar-refractivity contribution is 5.77. The highest BCUT2D eigenvalue weighted by atomic mass is 19.1. The molecule has 0 radical (unpaired) electrons. The molecule has 0 aliphatic rings. The quantitative estimate of drug-likeness (QED) is 0.293. The third-order valence-electron chi connectivity index (χ3n) is 6.30. The van der Waals surface area contributed by atoms with Crippen LogP contribution in [0.2, 0.25) is 0 Å². The van der Waals surface area contributed by atoms with E-state index in [0.717, 1.165) is 37.3 Å². The van der Waals surface area contributed by atoms with E-state index in [1.165, 1.54) is 19.1 Å². The van der Waals surface area contributed by atoms with Crippen molar-refractivity contribution in [2.24, 2.45) is 0 Å². The zero-order valence-electron chi connectivity index (χ0n) is 21.5. The van der Waals surface area contributed by atoms with Crippen molar-refractivity contribution in [3.8, 4) is 5.75 Å². The molecule has 2 rings (SSSR count). The summed E-state index contributed by atoms with van der Waals surface area (Å²) >= 11 is 0. The van der Waals surface area contributed by atoms with E-state index in [4.69, 9.17) is 4.74 Å². The molecule has 0 bridgehead atoms. The largest absolute Gasteiger partial charge is 0.478 e. The van der Waals surface area contributed by atoms with Gasteiger partial charge in [0.25, 0.3) is 0 Å². The number of ether oxygens (including phenoxy) is 1. The van der Waals surface area contributed by atoms with E-state index < -0.39 is 23.2 Å². The van der Waals surface area contributed by atoms with Crippen LogP contribution in [0.25, 0.3) is 0 Å². The number of carboxylic acids is 1. The van der Waals surface area contributed by atoms with Gasteiger partial charge in [-0.1, -0.05) is 51.3 Å². The number of nitrogens with zero attached hydrogens (tertiary/aromatic N) is 1. The Morgan fingerprint density at radius 2 is 1.78 bits per heavy atom. The first-order valence-corrected chi connectivity index (χ1v) is 12.7. The number of hydrogen-bond donors (Lipinski definition) is 2. The average Bonchev–Trinajstić information content (AvgIpc) is 2.84. The lowest BCUT2D eigenvalue weighted by Crippen LogP contribution is -2.42. The van der Waals surface area contributed by atoms with Gasteiger partial charge in [0, 0.05) is 25.7 Å². The molecule has 0 unspecified atom stereocenters. The van der Waals surface area contributed by atoms with Gasteiger partial charge in [0.05, 0.1) is 0 Å². The third kappa shape index (κ3) is 9.13. The lowest BCUT2D eigenvalue weighted by molar-refractivity contribution is -0.154. The fraction of sp³-hybridized carbons (Fsp3) is 0.500. The van der Waals surface area contributed by atoms with Crippen LogP contribution in [-0.4, -0.2) is 47.2 Å². The molecule has 6 nitrogen and oxygen atoms in total. The van der Waals surface area contributed by atoms with Gasteiger partial charge >= 0.3 is 12.0 Å². The highest BCUT2D eigenvalue weighted by Gasteiger charge is 2.33. The van der Waals surface area contributed by atoms with E-state index in [2.05, 4.69) is 12.2 Å². The minimum absolute atomic E-state index is 0.231. The fourth-order valence-electron chi connectivity index (χ4n) is 3.71. The van der Waals surface area contributed by atoms with Gasteiger partial charge in [-0.15, -0.1) is 0 Å². The summed E-state index contributed by atoms with van der Waals surface area (Å²) in [4.78, 5) is 26.1. The predicted octanol–water partition coefficient (Wildman–Crippen LogP) is 5.97. The van der Waals surface area contributed by atoms with E-state index in [1.807, 2.05) is 6.07 Å². The summed E-state index contributed by atoms with van der Waals surface area (Å²) in [5, 5.41) is 12.4. The molecule has 2 aromatic rings. The molecule has 0 aliphatic carbocycles. The summed E-state index contributed by atoms with van der Waals surface area (Å²) in [6.45, 7) is 6.61. The van der Waals surface area contributed by atoms with Crippen LogP contribution in [0.15, 0.2) is 42.5 Å². The van der Waals surface area contributed by atoms with Gasteiger partial charge in [-0.2, -0.15) is 0 Å². The fourth-order valence-corrected chi connectivity index (χ4v) is 3.71. The maximum atomic E-state index is 14.1. The van der Waals surface area contributed by atoms with Crippen molar-refractivity contribution in [2.75, 3.05) is 19.6 Å². The minimum atomic E-state index is -1.33. The summed E-state index contributed by atoms with van der Waals surface area (Å²) in [5.74, 6) is -1.86. The molecule has 8 heteroatoms. The number of hydrogen-bond acceptors (Lipinski definition) is 3. The Balaban J connectivity index is 2.06. The lowest BCUT2D eigenvalue weighted by Gasteiger charge is -2.25. The number of benzene rings is 2. The topological polar surface area (TPSA) is 78.9 Å². The van der Waals surface area contributed by atoms with Crippen LogP contribution >= 0.6 is 0 Å². The van der Waals surface area contributed by atoms with Gasteiger partial charge in [0.2, 0.25) is 5.60 Å². The zero-order valence-corrected chi connectivity index (χ0v) is 21.5. The highest BCUT2D eigenvalue weighted by Crippen LogP contribution is 2.23. The summed E-state index contributed by atoms with van der Waals surface area (Å²) in [6, 6.07) is 10.4. The number of carbonyl (C=O) groups is 2. The molecule has 198 valence electrons. The lowest BCUT2D eigenvalue weighted by atomic mass is 10.0. The maximum Gasteiger partial charge on any atom is 0.347 e. The number of amides is 2. The Kier molecular flexibility index (Phi) is 11.6. The number of urea groups is 1. The Morgan fingerprint density at radius 1 is 1.03 bits per heavy atom. The molecule has 0 fully saturated rings. The normalized spacial score (nSPS) is 12.6. The summed E-state index contributed by atoms with van der Waals surface area (Å²) < 4.78 is 33.1. The number of aliphatic carboxylic acids is 1. The molecule has 1 atom stereocenters. The first kappa shape index (κ1) is 29.1. The average molecular weight is 505 g/mol. The van der Waals surface area contributed by atoms with Crippen LogP contribution in [0.5, 0.6) is 5.75 Å². The van der Waals surface area contributed by atoms with Crippen LogP contribution in [-0.2, 0) is 17.6 Å². The van der Waals surface area contributed by atoms with Gasteiger partial charge in [0.15, 0.2) is 0 Å². The number of carbonyl (C=O) groups excluding carboxylic acids is 1. The molecular formula is C28H38F2N2O4. The predicted molar refractivity (Wildman–Crippen MR) is 136 cm³/mol. The van der Waals surface area contributed by atoms with Gasteiger partial charge in [-0.05, 0) is 61.9 Å². The minimum Gasteiger partial charge on any atom is -0.478 e. The van der Waals surface area contributed by atoms with Crippen molar-refractivity contribution in [3.63, 3.8) is 0 Å². The van der Waals surface area contributed by atoms with Crippen molar-refractivity contribution in [1.29, 1.82) is 0 Å². The SMILES string of the molecule is CCCCCCNC(=O)N(CCc1cccc(O[C@](C)(CC)C(=O)O)c1)CCc1ccc(F)cc1F. The van der Waals surface area contributed by atoms with Crippen molar-refractivity contribution >= 4 is 12.0 Å². The summed E-state index contributed by atoms with van der Waals surface area (Å²) in [6.07, 6.45) is 5.21. The Labute approximate surface area is 212 Å². The monoisotopic (exact) mass is 504 g/mol. The molecular weight excluding hydrogens is 466 g/mol. The summed E-state index contributed by atoms with van der Waals surface area (Å²) in [5.41, 5.74) is -0.105. The van der Waals surface area contributed by atoms with Crippen LogP contribution in [0, 0.1) is 11.6 Å². The maximum absolute atomic E-state index is 14.1. The molecule has 0 saturated carbocycles. The second kappa shape index (κ2) is 14.4. The second-order valence-electron chi connectivity index (χ2n) is 9.15. The molecule has 0 aliphatic heterocycles. The molecule has 0 aromatic heterocycles. The second-order valence-corrected chi connectivity index (χ2v) is 9.15. The zero-order chi connectivity index (χ0) is 26.6. The number of rotatable bonds is 15. The van der Waals surface area contributed by atoms with E-state index in [0.29, 0.717) is 37.2 Å².